The highest BCUT2D eigenvalue weighted by molar-refractivity contribution is 7.21. The van der Waals surface area contributed by atoms with Crippen LogP contribution in [-0.4, -0.2) is 67.3 Å². The summed E-state index contributed by atoms with van der Waals surface area (Å²) in [6.07, 6.45) is 0. The quantitative estimate of drug-likeness (QED) is 0.693. The van der Waals surface area contributed by atoms with Gasteiger partial charge in [0, 0.05) is 49.5 Å². The van der Waals surface area contributed by atoms with Crippen LogP contribution in [0.5, 0.6) is 0 Å². The maximum Gasteiger partial charge on any atom is 0.251 e. The van der Waals surface area contributed by atoms with Gasteiger partial charge in [-0.3, -0.25) is 4.79 Å². The third-order valence-electron chi connectivity index (χ3n) is 5.03. The van der Waals surface area contributed by atoms with Crippen LogP contribution in [0.4, 0.5) is 5.69 Å². The molecule has 2 heterocycles. The Hall–Kier alpha value is -2.48. The predicted molar refractivity (Wildman–Crippen MR) is 114 cm³/mol. The smallest absolute Gasteiger partial charge is 0.251 e. The van der Waals surface area contributed by atoms with E-state index in [1.165, 1.54) is 5.69 Å². The van der Waals surface area contributed by atoms with Crippen molar-refractivity contribution in [3.63, 3.8) is 0 Å². The summed E-state index contributed by atoms with van der Waals surface area (Å²) < 4.78 is 0.981. The first-order chi connectivity index (χ1) is 13.6. The molecule has 7 heteroatoms. The van der Waals surface area contributed by atoms with E-state index in [1.54, 1.807) is 17.4 Å². The second-order valence-electron chi connectivity index (χ2n) is 7.02. The molecule has 1 saturated heterocycles. The molecule has 4 rings (SSSR count). The van der Waals surface area contributed by atoms with Crippen molar-refractivity contribution in [2.75, 3.05) is 51.3 Å². The summed E-state index contributed by atoms with van der Waals surface area (Å²) in [5.74, 6) is -0.178. The highest BCUT2D eigenvalue weighted by Crippen LogP contribution is 2.32. The fraction of sp³-hybridized carbons (Fsp3) is 0.333. The van der Waals surface area contributed by atoms with Crippen molar-refractivity contribution in [3.05, 3.63) is 48.0 Å². The van der Waals surface area contributed by atoms with E-state index in [0.29, 0.717) is 5.56 Å². The lowest BCUT2D eigenvalue weighted by atomic mass is 10.2. The van der Waals surface area contributed by atoms with E-state index < -0.39 is 0 Å². The standard InChI is InChI=1S/C21H24N4O2S/c1-24-9-11-25(12-10-24)17-5-2-15(3-6-17)21-23-18-7-4-16(14-19(18)28-21)20(27)22-8-13-26/h2-7,14,26H,8-13H2,1H3,(H,22,27). The highest BCUT2D eigenvalue weighted by atomic mass is 32.1. The minimum absolute atomic E-state index is 0.0667. The van der Waals surface area contributed by atoms with Crippen molar-refractivity contribution in [1.82, 2.24) is 15.2 Å². The molecule has 0 unspecified atom stereocenters. The van der Waals surface area contributed by atoms with E-state index in [-0.39, 0.29) is 19.1 Å². The van der Waals surface area contributed by atoms with Crippen LogP contribution in [0.2, 0.25) is 0 Å². The predicted octanol–water partition coefficient (Wildman–Crippen LogP) is 2.44. The number of carbonyl (C=O) groups is 1. The molecule has 146 valence electrons. The number of nitrogens with one attached hydrogen (secondary N) is 1. The molecule has 0 saturated carbocycles. The maximum absolute atomic E-state index is 12.1. The second kappa shape index (κ2) is 8.26. The first-order valence-electron chi connectivity index (χ1n) is 9.47. The summed E-state index contributed by atoms with van der Waals surface area (Å²) in [6, 6.07) is 14.1. The molecular formula is C21H24N4O2S. The summed E-state index contributed by atoms with van der Waals surface area (Å²) in [5.41, 5.74) is 3.81. The number of piperazine rings is 1. The number of thiazole rings is 1. The molecule has 28 heavy (non-hydrogen) atoms. The first kappa shape index (κ1) is 18.9. The molecule has 2 N–H and O–H groups in total. The average Bonchev–Trinajstić information content (AvgIpc) is 3.16. The molecule has 6 nitrogen and oxygen atoms in total. The first-order valence-corrected chi connectivity index (χ1v) is 10.3. The van der Waals surface area contributed by atoms with Crippen LogP contribution in [0, 0.1) is 0 Å². The normalized spacial score (nSPS) is 15.1. The molecule has 1 fully saturated rings. The Kier molecular flexibility index (Phi) is 5.57. The Labute approximate surface area is 168 Å². The number of likely N-dealkylation sites (N-methyl/N-ethyl adjacent to an activating group) is 1. The summed E-state index contributed by atoms with van der Waals surface area (Å²) in [5, 5.41) is 12.5. The van der Waals surface area contributed by atoms with Crippen LogP contribution >= 0.6 is 11.3 Å². The van der Waals surface area contributed by atoms with Crippen LogP contribution < -0.4 is 10.2 Å². The van der Waals surface area contributed by atoms with Crippen molar-refractivity contribution >= 4 is 33.1 Å². The van der Waals surface area contributed by atoms with Crippen molar-refractivity contribution < 1.29 is 9.90 Å². The molecule has 1 amide bonds. The lowest BCUT2D eigenvalue weighted by Gasteiger charge is -2.34. The molecule has 1 aromatic heterocycles. The number of anilines is 1. The fourth-order valence-electron chi connectivity index (χ4n) is 3.34. The molecule has 1 aliphatic rings. The van der Waals surface area contributed by atoms with Gasteiger partial charge in [0.05, 0.1) is 16.8 Å². The molecule has 0 aliphatic carbocycles. The zero-order chi connectivity index (χ0) is 19.5. The Morgan fingerprint density at radius 2 is 1.89 bits per heavy atom. The lowest BCUT2D eigenvalue weighted by molar-refractivity contribution is 0.0945. The van der Waals surface area contributed by atoms with Gasteiger partial charge in [0.25, 0.3) is 5.91 Å². The van der Waals surface area contributed by atoms with Gasteiger partial charge in [0.15, 0.2) is 0 Å². The summed E-state index contributed by atoms with van der Waals surface area (Å²) in [6.45, 7) is 4.48. The average molecular weight is 397 g/mol. The van der Waals surface area contributed by atoms with E-state index in [1.807, 2.05) is 12.1 Å². The minimum atomic E-state index is -0.178. The van der Waals surface area contributed by atoms with Gasteiger partial charge in [0.2, 0.25) is 0 Å². The van der Waals surface area contributed by atoms with E-state index in [9.17, 15) is 4.79 Å². The topological polar surface area (TPSA) is 68.7 Å². The van der Waals surface area contributed by atoms with Crippen molar-refractivity contribution in [3.8, 4) is 10.6 Å². The molecule has 0 spiro atoms. The van der Waals surface area contributed by atoms with Crippen LogP contribution in [0.25, 0.3) is 20.8 Å². The number of rotatable bonds is 5. The van der Waals surface area contributed by atoms with Gasteiger partial charge in [-0.1, -0.05) is 0 Å². The van der Waals surface area contributed by atoms with Crippen LogP contribution in [0.1, 0.15) is 10.4 Å². The number of aliphatic hydroxyl groups excluding tert-OH is 1. The van der Waals surface area contributed by atoms with Crippen molar-refractivity contribution in [2.24, 2.45) is 0 Å². The number of amides is 1. The molecular weight excluding hydrogens is 372 g/mol. The van der Waals surface area contributed by atoms with Gasteiger partial charge < -0.3 is 20.2 Å². The zero-order valence-electron chi connectivity index (χ0n) is 15.9. The molecule has 2 aromatic carbocycles. The van der Waals surface area contributed by atoms with E-state index in [2.05, 4.69) is 46.4 Å². The number of hydrogen-bond acceptors (Lipinski definition) is 6. The van der Waals surface area contributed by atoms with Crippen LogP contribution in [0.15, 0.2) is 42.5 Å². The number of nitrogens with zero attached hydrogens (tertiary/aromatic N) is 3. The summed E-state index contributed by atoms with van der Waals surface area (Å²) >= 11 is 1.59. The van der Waals surface area contributed by atoms with Crippen molar-refractivity contribution in [1.29, 1.82) is 0 Å². The number of carbonyl (C=O) groups excluding carboxylic acids is 1. The summed E-state index contributed by atoms with van der Waals surface area (Å²) in [7, 11) is 2.16. The third-order valence-corrected chi connectivity index (χ3v) is 6.10. The van der Waals surface area contributed by atoms with Gasteiger partial charge in [-0.05, 0) is 49.5 Å². The Balaban J connectivity index is 1.53. The molecule has 0 radical (unpaired) electrons. The maximum atomic E-state index is 12.1. The number of benzene rings is 2. The van der Waals surface area contributed by atoms with Crippen LogP contribution in [-0.2, 0) is 0 Å². The monoisotopic (exact) mass is 396 g/mol. The van der Waals surface area contributed by atoms with Crippen LogP contribution in [0.3, 0.4) is 0 Å². The van der Waals surface area contributed by atoms with Gasteiger partial charge in [-0.25, -0.2) is 4.98 Å². The van der Waals surface area contributed by atoms with E-state index >= 15 is 0 Å². The Bertz CT molecular complexity index is 962. The number of hydrogen-bond donors (Lipinski definition) is 2. The fourth-order valence-corrected chi connectivity index (χ4v) is 4.35. The lowest BCUT2D eigenvalue weighted by Crippen LogP contribution is -2.44. The molecule has 3 aromatic rings. The zero-order valence-corrected chi connectivity index (χ0v) is 16.7. The van der Waals surface area contributed by atoms with E-state index in [4.69, 9.17) is 10.1 Å². The number of aliphatic hydroxyl groups is 1. The molecule has 0 bridgehead atoms. The highest BCUT2D eigenvalue weighted by Gasteiger charge is 2.15. The Morgan fingerprint density at radius 1 is 1.14 bits per heavy atom. The van der Waals surface area contributed by atoms with E-state index in [0.717, 1.165) is 47.0 Å². The van der Waals surface area contributed by atoms with Gasteiger partial charge in [-0.2, -0.15) is 0 Å². The largest absolute Gasteiger partial charge is 0.395 e. The number of fused-ring (bicyclic) bond motifs is 1. The number of aromatic nitrogens is 1. The second-order valence-corrected chi connectivity index (χ2v) is 8.05. The van der Waals surface area contributed by atoms with Gasteiger partial charge in [0.1, 0.15) is 5.01 Å². The molecule has 1 aliphatic heterocycles. The van der Waals surface area contributed by atoms with Gasteiger partial charge in [-0.15, -0.1) is 11.3 Å². The molecule has 0 atom stereocenters. The van der Waals surface area contributed by atoms with Gasteiger partial charge >= 0.3 is 0 Å². The van der Waals surface area contributed by atoms with Crippen molar-refractivity contribution in [2.45, 2.75) is 0 Å². The third kappa shape index (κ3) is 4.01. The summed E-state index contributed by atoms with van der Waals surface area (Å²) in [4.78, 5) is 21.6. The Morgan fingerprint density at radius 3 is 2.61 bits per heavy atom. The SMILES string of the molecule is CN1CCN(c2ccc(-c3nc4ccc(C(=O)NCCO)cc4s3)cc2)CC1. The minimum Gasteiger partial charge on any atom is -0.395 e.